The number of carbonyl (C=O) groups excluding carboxylic acids is 1. The van der Waals surface area contributed by atoms with Gasteiger partial charge in [-0.05, 0) is 37.5 Å². The summed E-state index contributed by atoms with van der Waals surface area (Å²) in [5.41, 5.74) is 1.89. The van der Waals surface area contributed by atoms with Crippen LogP contribution >= 0.6 is 0 Å². The Morgan fingerprint density at radius 1 is 1.23 bits per heavy atom. The number of hydrogen-bond donors (Lipinski definition) is 1. The fourth-order valence-electron chi connectivity index (χ4n) is 3.17. The summed E-state index contributed by atoms with van der Waals surface area (Å²) < 4.78 is 5.46. The Labute approximate surface area is 152 Å². The zero-order valence-electron chi connectivity index (χ0n) is 14.7. The van der Waals surface area contributed by atoms with Crippen LogP contribution in [0.15, 0.2) is 42.5 Å². The molecular formula is C20H22N2O4. The Morgan fingerprint density at radius 3 is 2.62 bits per heavy atom. The molecule has 0 bridgehead atoms. The molecule has 1 fully saturated rings. The first-order valence-electron chi connectivity index (χ1n) is 8.70. The maximum atomic E-state index is 13.0. The normalized spacial score (nSPS) is 16.4. The molecule has 1 amide bonds. The van der Waals surface area contributed by atoms with Crippen molar-refractivity contribution in [2.24, 2.45) is 0 Å². The molecule has 0 saturated carbocycles. The Morgan fingerprint density at radius 2 is 2.00 bits per heavy atom. The van der Waals surface area contributed by atoms with E-state index >= 15 is 0 Å². The number of amides is 1. The van der Waals surface area contributed by atoms with Gasteiger partial charge in [-0.1, -0.05) is 30.3 Å². The molecule has 3 rings (SSSR count). The van der Waals surface area contributed by atoms with Crippen LogP contribution in [-0.4, -0.2) is 52.7 Å². The average Bonchev–Trinajstić information content (AvgIpc) is 3.16. The fraction of sp³-hybridized carbons (Fsp3) is 0.350. The maximum absolute atomic E-state index is 13.0. The van der Waals surface area contributed by atoms with Crippen LogP contribution in [0.5, 0.6) is 0 Å². The molecule has 2 heterocycles. The highest BCUT2D eigenvalue weighted by atomic mass is 16.5. The smallest absolute Gasteiger partial charge is 0.337 e. The summed E-state index contributed by atoms with van der Waals surface area (Å²) in [7, 11) is 0. The number of ether oxygens (including phenoxy) is 1. The highest BCUT2D eigenvalue weighted by molar-refractivity contribution is 5.94. The predicted octanol–water partition coefficient (Wildman–Crippen LogP) is 2.56. The summed E-state index contributed by atoms with van der Waals surface area (Å²) in [5, 5.41) is 9.14. The predicted molar refractivity (Wildman–Crippen MR) is 96.3 cm³/mol. The Balaban J connectivity index is 1.80. The lowest BCUT2D eigenvalue weighted by molar-refractivity contribution is 0.0645. The van der Waals surface area contributed by atoms with E-state index in [0.717, 1.165) is 18.4 Å². The van der Waals surface area contributed by atoms with E-state index < -0.39 is 5.97 Å². The van der Waals surface area contributed by atoms with Crippen LogP contribution in [0.25, 0.3) is 0 Å². The molecule has 1 saturated heterocycles. The van der Waals surface area contributed by atoms with E-state index in [1.54, 1.807) is 6.92 Å². The second-order valence-electron chi connectivity index (χ2n) is 6.39. The number of aryl methyl sites for hydroxylation is 1. The molecule has 1 aliphatic rings. The SMILES string of the molecule is Cc1nc(C(=O)N(CCc2ccccc2)C2CCOC2)ccc1C(=O)O. The monoisotopic (exact) mass is 354 g/mol. The van der Waals surface area contributed by atoms with Crippen LogP contribution in [0, 0.1) is 6.92 Å². The number of hydrogen-bond acceptors (Lipinski definition) is 4. The number of carboxylic acid groups (broad SMARTS) is 1. The van der Waals surface area contributed by atoms with Crippen molar-refractivity contribution in [3.63, 3.8) is 0 Å². The highest BCUT2D eigenvalue weighted by Gasteiger charge is 2.29. The topological polar surface area (TPSA) is 79.7 Å². The zero-order valence-corrected chi connectivity index (χ0v) is 14.7. The second kappa shape index (κ2) is 8.10. The Hall–Kier alpha value is -2.73. The first-order chi connectivity index (χ1) is 12.6. The van der Waals surface area contributed by atoms with Gasteiger partial charge < -0.3 is 14.7 Å². The van der Waals surface area contributed by atoms with E-state index in [0.29, 0.717) is 25.5 Å². The number of carbonyl (C=O) groups is 2. The largest absolute Gasteiger partial charge is 0.478 e. The number of benzene rings is 1. The molecule has 0 radical (unpaired) electrons. The van der Waals surface area contributed by atoms with Crippen molar-refractivity contribution in [1.82, 2.24) is 9.88 Å². The highest BCUT2D eigenvalue weighted by Crippen LogP contribution is 2.17. The van der Waals surface area contributed by atoms with Gasteiger partial charge in [-0.15, -0.1) is 0 Å². The molecular weight excluding hydrogens is 332 g/mol. The van der Waals surface area contributed by atoms with E-state index in [2.05, 4.69) is 4.98 Å². The van der Waals surface area contributed by atoms with Gasteiger partial charge in [0, 0.05) is 13.2 Å². The van der Waals surface area contributed by atoms with E-state index in [1.165, 1.54) is 12.1 Å². The molecule has 1 unspecified atom stereocenters. The van der Waals surface area contributed by atoms with Gasteiger partial charge in [0.25, 0.3) is 5.91 Å². The lowest BCUT2D eigenvalue weighted by Crippen LogP contribution is -2.42. The Kier molecular flexibility index (Phi) is 5.63. The van der Waals surface area contributed by atoms with Crippen LogP contribution in [0.3, 0.4) is 0 Å². The second-order valence-corrected chi connectivity index (χ2v) is 6.39. The number of pyridine rings is 1. The number of rotatable bonds is 6. The molecule has 6 nitrogen and oxygen atoms in total. The lowest BCUT2D eigenvalue weighted by Gasteiger charge is -2.28. The van der Waals surface area contributed by atoms with E-state index in [-0.39, 0.29) is 23.2 Å². The average molecular weight is 354 g/mol. The maximum Gasteiger partial charge on any atom is 0.337 e. The lowest BCUT2D eigenvalue weighted by atomic mass is 10.1. The van der Waals surface area contributed by atoms with Crippen molar-refractivity contribution in [2.75, 3.05) is 19.8 Å². The molecule has 2 aromatic rings. The van der Waals surface area contributed by atoms with Gasteiger partial charge in [-0.2, -0.15) is 0 Å². The molecule has 6 heteroatoms. The molecule has 1 N–H and O–H groups in total. The number of carboxylic acids is 1. The van der Waals surface area contributed by atoms with Crippen LogP contribution < -0.4 is 0 Å². The standard InChI is InChI=1S/C20H22N2O4/c1-14-17(20(24)25)7-8-18(21-14)19(23)22(16-10-12-26-13-16)11-9-15-5-3-2-4-6-15/h2-8,16H,9-13H2,1H3,(H,24,25). The summed E-state index contributed by atoms with van der Waals surface area (Å²) in [6, 6.07) is 13.0. The minimum atomic E-state index is -1.04. The molecule has 1 aromatic carbocycles. The van der Waals surface area contributed by atoms with Crippen molar-refractivity contribution in [2.45, 2.75) is 25.8 Å². The van der Waals surface area contributed by atoms with Gasteiger partial charge in [0.05, 0.1) is 23.9 Å². The minimum absolute atomic E-state index is 0.0208. The molecule has 1 atom stereocenters. The summed E-state index contributed by atoms with van der Waals surface area (Å²) in [4.78, 5) is 30.2. The summed E-state index contributed by atoms with van der Waals surface area (Å²) in [6.45, 7) is 3.34. The van der Waals surface area contributed by atoms with E-state index in [1.807, 2.05) is 35.2 Å². The Bertz CT molecular complexity index is 786. The molecule has 1 aromatic heterocycles. The van der Waals surface area contributed by atoms with Gasteiger partial charge in [-0.3, -0.25) is 4.79 Å². The first-order valence-corrected chi connectivity index (χ1v) is 8.70. The minimum Gasteiger partial charge on any atom is -0.478 e. The van der Waals surface area contributed by atoms with Crippen molar-refractivity contribution >= 4 is 11.9 Å². The third-order valence-corrected chi connectivity index (χ3v) is 4.63. The van der Waals surface area contributed by atoms with Gasteiger partial charge in [0.2, 0.25) is 0 Å². The van der Waals surface area contributed by atoms with E-state index in [9.17, 15) is 9.59 Å². The van der Waals surface area contributed by atoms with Gasteiger partial charge >= 0.3 is 5.97 Å². The van der Waals surface area contributed by atoms with Crippen LogP contribution in [-0.2, 0) is 11.2 Å². The van der Waals surface area contributed by atoms with E-state index in [4.69, 9.17) is 9.84 Å². The van der Waals surface area contributed by atoms with Crippen LogP contribution in [0.1, 0.15) is 38.5 Å². The fourth-order valence-corrected chi connectivity index (χ4v) is 3.17. The van der Waals surface area contributed by atoms with Gasteiger partial charge in [0.1, 0.15) is 5.69 Å². The molecule has 0 aliphatic carbocycles. The quantitative estimate of drug-likeness (QED) is 0.862. The van der Waals surface area contributed by atoms with Crippen LogP contribution in [0.2, 0.25) is 0 Å². The first kappa shape index (κ1) is 18.1. The zero-order chi connectivity index (χ0) is 18.5. The summed E-state index contributed by atoms with van der Waals surface area (Å²) >= 11 is 0. The van der Waals surface area contributed by atoms with Crippen molar-refractivity contribution in [3.05, 3.63) is 65.0 Å². The van der Waals surface area contributed by atoms with Crippen LogP contribution in [0.4, 0.5) is 0 Å². The van der Waals surface area contributed by atoms with Crippen molar-refractivity contribution in [1.29, 1.82) is 0 Å². The third kappa shape index (κ3) is 4.08. The van der Waals surface area contributed by atoms with Crippen molar-refractivity contribution in [3.8, 4) is 0 Å². The number of nitrogens with zero attached hydrogens (tertiary/aromatic N) is 2. The molecule has 0 spiro atoms. The van der Waals surface area contributed by atoms with Gasteiger partial charge in [0.15, 0.2) is 0 Å². The number of aromatic nitrogens is 1. The number of aromatic carboxylic acids is 1. The molecule has 26 heavy (non-hydrogen) atoms. The summed E-state index contributed by atoms with van der Waals surface area (Å²) in [6.07, 6.45) is 1.54. The molecule has 1 aliphatic heterocycles. The van der Waals surface area contributed by atoms with Crippen molar-refractivity contribution < 1.29 is 19.4 Å². The van der Waals surface area contributed by atoms with Gasteiger partial charge in [-0.25, -0.2) is 9.78 Å². The summed E-state index contributed by atoms with van der Waals surface area (Å²) in [5.74, 6) is -1.23. The molecule has 136 valence electrons. The third-order valence-electron chi connectivity index (χ3n) is 4.63.